The van der Waals surface area contributed by atoms with Gasteiger partial charge < -0.3 is 15.8 Å². The molecule has 0 radical (unpaired) electrons. The van der Waals surface area contributed by atoms with Crippen molar-refractivity contribution in [3.05, 3.63) is 58.7 Å². The van der Waals surface area contributed by atoms with E-state index in [1.807, 2.05) is 43.3 Å². The van der Waals surface area contributed by atoms with Gasteiger partial charge in [-0.1, -0.05) is 12.1 Å². The molecule has 4 nitrogen and oxygen atoms in total. The van der Waals surface area contributed by atoms with Crippen molar-refractivity contribution in [2.24, 2.45) is 0 Å². The summed E-state index contributed by atoms with van der Waals surface area (Å²) in [5, 5.41) is 3.09. The fourth-order valence-electron chi connectivity index (χ4n) is 3.17. The zero-order chi connectivity index (χ0) is 17.1. The van der Waals surface area contributed by atoms with E-state index in [0.29, 0.717) is 0 Å². The van der Waals surface area contributed by atoms with Crippen LogP contribution in [0.2, 0.25) is 0 Å². The number of hydrogen-bond donors (Lipinski definition) is 2. The fraction of sp³-hybridized carbons (Fsp3) is 0.350. The minimum absolute atomic E-state index is 0. The number of rotatable bonds is 4. The first-order chi connectivity index (χ1) is 11.5. The Morgan fingerprint density at radius 1 is 1.20 bits per heavy atom. The molecule has 0 spiro atoms. The highest BCUT2D eigenvalue weighted by Gasteiger charge is 2.22. The van der Waals surface area contributed by atoms with Crippen LogP contribution in [0.3, 0.4) is 0 Å². The van der Waals surface area contributed by atoms with E-state index in [1.165, 1.54) is 16.7 Å². The molecule has 0 saturated heterocycles. The topological polar surface area (TPSA) is 64.3 Å². The molecule has 0 saturated carbocycles. The normalized spacial score (nSPS) is 15.7. The van der Waals surface area contributed by atoms with Crippen molar-refractivity contribution in [3.8, 4) is 5.75 Å². The molecule has 5 heteroatoms. The third-order valence-electron chi connectivity index (χ3n) is 4.66. The molecule has 3 N–H and O–H groups in total. The summed E-state index contributed by atoms with van der Waals surface area (Å²) in [6, 6.07) is 11.8. The van der Waals surface area contributed by atoms with Crippen LogP contribution in [-0.4, -0.2) is 12.5 Å². The number of hydrogen-bond acceptors (Lipinski definition) is 3. The van der Waals surface area contributed by atoms with E-state index >= 15 is 0 Å². The van der Waals surface area contributed by atoms with Gasteiger partial charge in [0.1, 0.15) is 5.75 Å². The Morgan fingerprint density at radius 2 is 2.00 bits per heavy atom. The number of anilines is 1. The quantitative estimate of drug-likeness (QED) is 0.813. The molecule has 3 rings (SSSR count). The summed E-state index contributed by atoms with van der Waals surface area (Å²) in [7, 11) is 0. The highest BCUT2D eigenvalue weighted by atomic mass is 35.5. The second-order valence-electron chi connectivity index (χ2n) is 6.51. The van der Waals surface area contributed by atoms with Crippen LogP contribution in [0.5, 0.6) is 5.75 Å². The molecule has 25 heavy (non-hydrogen) atoms. The lowest BCUT2D eigenvalue weighted by molar-refractivity contribution is -0.123. The number of nitrogen functional groups attached to an aromatic ring is 1. The van der Waals surface area contributed by atoms with Crippen LogP contribution < -0.4 is 15.8 Å². The summed E-state index contributed by atoms with van der Waals surface area (Å²) < 4.78 is 5.62. The molecule has 134 valence electrons. The predicted octanol–water partition coefficient (Wildman–Crippen LogP) is 3.88. The predicted molar refractivity (Wildman–Crippen MR) is 103 cm³/mol. The Hall–Kier alpha value is -2.20. The average Bonchev–Trinajstić information content (AvgIpc) is 2.56. The SMILES string of the molecule is Cc1ccc(OCC(=O)NC2CCCc3cc(N)ccc32)cc1C.Cl. The van der Waals surface area contributed by atoms with Crippen molar-refractivity contribution in [3.63, 3.8) is 0 Å². The molecule has 2 aromatic rings. The van der Waals surface area contributed by atoms with Gasteiger partial charge in [0, 0.05) is 5.69 Å². The number of amides is 1. The van der Waals surface area contributed by atoms with Crippen LogP contribution in [0.15, 0.2) is 36.4 Å². The standard InChI is InChI=1S/C20H24N2O2.ClH/c1-13-6-8-17(10-14(13)2)24-12-20(23)22-19-5-3-4-15-11-16(21)7-9-18(15)19;/h6-11,19H,3-5,12,21H2,1-2H3,(H,22,23);1H. The van der Waals surface area contributed by atoms with Crippen molar-refractivity contribution in [1.29, 1.82) is 0 Å². The van der Waals surface area contributed by atoms with Gasteiger partial charge in [-0.05, 0) is 79.6 Å². The second-order valence-corrected chi connectivity index (χ2v) is 6.51. The molecule has 1 aliphatic rings. The molecular formula is C20H25ClN2O2. The number of fused-ring (bicyclic) bond motifs is 1. The maximum Gasteiger partial charge on any atom is 0.258 e. The fourth-order valence-corrected chi connectivity index (χ4v) is 3.17. The summed E-state index contributed by atoms with van der Waals surface area (Å²) in [5.41, 5.74) is 11.4. The molecule has 1 amide bonds. The zero-order valence-corrected chi connectivity index (χ0v) is 15.5. The minimum atomic E-state index is -0.0945. The summed E-state index contributed by atoms with van der Waals surface area (Å²) in [6.07, 6.45) is 3.03. The monoisotopic (exact) mass is 360 g/mol. The van der Waals surface area contributed by atoms with Gasteiger partial charge in [-0.3, -0.25) is 4.79 Å². The maximum atomic E-state index is 12.3. The van der Waals surface area contributed by atoms with Gasteiger partial charge in [-0.15, -0.1) is 12.4 Å². The Morgan fingerprint density at radius 3 is 2.76 bits per heavy atom. The van der Waals surface area contributed by atoms with Gasteiger partial charge in [-0.25, -0.2) is 0 Å². The van der Waals surface area contributed by atoms with E-state index < -0.39 is 0 Å². The van der Waals surface area contributed by atoms with Crippen LogP contribution in [0.4, 0.5) is 5.69 Å². The first kappa shape index (κ1) is 19.1. The Balaban J connectivity index is 0.00000225. The van der Waals surface area contributed by atoms with E-state index in [0.717, 1.165) is 36.3 Å². The Bertz CT molecular complexity index is 761. The van der Waals surface area contributed by atoms with Crippen LogP contribution in [0.25, 0.3) is 0 Å². The number of ether oxygens (including phenoxy) is 1. The maximum absolute atomic E-state index is 12.3. The van der Waals surface area contributed by atoms with Crippen molar-refractivity contribution in [2.45, 2.75) is 39.2 Å². The van der Waals surface area contributed by atoms with Crippen molar-refractivity contribution < 1.29 is 9.53 Å². The third kappa shape index (κ3) is 4.67. The third-order valence-corrected chi connectivity index (χ3v) is 4.66. The lowest BCUT2D eigenvalue weighted by Gasteiger charge is -2.26. The number of carbonyl (C=O) groups is 1. The Kier molecular flexibility index (Phi) is 6.32. The molecule has 0 aliphatic heterocycles. The largest absolute Gasteiger partial charge is 0.484 e. The van der Waals surface area contributed by atoms with Crippen molar-refractivity contribution in [1.82, 2.24) is 5.32 Å². The van der Waals surface area contributed by atoms with E-state index in [1.54, 1.807) is 0 Å². The van der Waals surface area contributed by atoms with Gasteiger partial charge in [-0.2, -0.15) is 0 Å². The van der Waals surface area contributed by atoms with Crippen molar-refractivity contribution >= 4 is 24.0 Å². The van der Waals surface area contributed by atoms with Gasteiger partial charge >= 0.3 is 0 Å². The summed E-state index contributed by atoms with van der Waals surface area (Å²) >= 11 is 0. The molecule has 1 unspecified atom stereocenters. The average molecular weight is 361 g/mol. The minimum Gasteiger partial charge on any atom is -0.484 e. The van der Waals surface area contributed by atoms with E-state index in [2.05, 4.69) is 12.2 Å². The summed E-state index contributed by atoms with van der Waals surface area (Å²) in [5.74, 6) is 0.632. The first-order valence-electron chi connectivity index (χ1n) is 8.40. The van der Waals surface area contributed by atoms with Gasteiger partial charge in [0.05, 0.1) is 6.04 Å². The van der Waals surface area contributed by atoms with Crippen LogP contribution in [0.1, 0.15) is 41.1 Å². The first-order valence-corrected chi connectivity index (χ1v) is 8.40. The van der Waals surface area contributed by atoms with E-state index in [9.17, 15) is 4.79 Å². The Labute approximate surface area is 155 Å². The van der Waals surface area contributed by atoms with Crippen LogP contribution in [0, 0.1) is 13.8 Å². The number of nitrogens with two attached hydrogens (primary N) is 1. The molecule has 0 aromatic heterocycles. The van der Waals surface area contributed by atoms with Crippen molar-refractivity contribution in [2.75, 3.05) is 12.3 Å². The second kappa shape index (κ2) is 8.26. The molecule has 0 heterocycles. The lowest BCUT2D eigenvalue weighted by Crippen LogP contribution is -2.34. The molecule has 1 atom stereocenters. The highest BCUT2D eigenvalue weighted by molar-refractivity contribution is 5.85. The summed E-state index contributed by atoms with van der Waals surface area (Å²) in [6.45, 7) is 4.12. The molecule has 0 bridgehead atoms. The number of carbonyl (C=O) groups excluding carboxylic acids is 1. The number of aryl methyl sites for hydroxylation is 3. The number of halogens is 1. The summed E-state index contributed by atoms with van der Waals surface area (Å²) in [4.78, 5) is 12.3. The zero-order valence-electron chi connectivity index (χ0n) is 14.7. The van der Waals surface area contributed by atoms with E-state index in [4.69, 9.17) is 10.5 Å². The van der Waals surface area contributed by atoms with E-state index in [-0.39, 0.29) is 31.0 Å². The van der Waals surface area contributed by atoms with Crippen LogP contribution in [-0.2, 0) is 11.2 Å². The lowest BCUT2D eigenvalue weighted by atomic mass is 9.87. The van der Waals surface area contributed by atoms with Gasteiger partial charge in [0.15, 0.2) is 6.61 Å². The smallest absolute Gasteiger partial charge is 0.258 e. The molecule has 2 aromatic carbocycles. The van der Waals surface area contributed by atoms with Gasteiger partial charge in [0.25, 0.3) is 5.91 Å². The van der Waals surface area contributed by atoms with Crippen LogP contribution >= 0.6 is 12.4 Å². The van der Waals surface area contributed by atoms with Gasteiger partial charge in [0.2, 0.25) is 0 Å². The number of nitrogens with one attached hydrogen (secondary N) is 1. The molecule has 0 fully saturated rings. The molecular weight excluding hydrogens is 336 g/mol. The number of benzene rings is 2. The highest BCUT2D eigenvalue weighted by Crippen LogP contribution is 2.30. The molecule has 1 aliphatic carbocycles.